The first-order chi connectivity index (χ1) is 23.4. The molecule has 0 saturated heterocycles. The monoisotopic (exact) mass is 646 g/mol. The largest absolute Gasteiger partial charge is 0.491 e. The van der Waals surface area contributed by atoms with E-state index in [1.807, 2.05) is 66.7 Å². The number of hydrogen-bond acceptors (Lipinski definition) is 5. The summed E-state index contributed by atoms with van der Waals surface area (Å²) in [4.78, 5) is 55.5. The highest BCUT2D eigenvalue weighted by Crippen LogP contribution is 2.27. The van der Waals surface area contributed by atoms with E-state index in [0.717, 1.165) is 16.7 Å². The Balaban J connectivity index is 1.33. The van der Waals surface area contributed by atoms with Crippen molar-refractivity contribution in [2.75, 3.05) is 26.7 Å². The molecule has 1 aliphatic rings. The van der Waals surface area contributed by atoms with Crippen molar-refractivity contribution in [2.45, 2.75) is 43.7 Å². The highest BCUT2D eigenvalue weighted by atomic mass is 16.5. The van der Waals surface area contributed by atoms with Crippen molar-refractivity contribution in [3.05, 3.63) is 138 Å². The standard InChI is InChI=1S/C39H42N4O5/c1-43-25-26-48-35-20-12-11-19-32(35)37(45)42-33(21-22-36(44)41-34(39(43)47)27-28-13-5-2-6-14-28)38(46)40-24-23-31(29-15-7-3-8-16-29)30-17-9-4-10-18-30/h2-20,31,33-34H,21-27H2,1H3,(H,40,46)(H,41,44)(H,42,45)/t33-,34+/m0/s1. The first kappa shape index (κ1) is 33.9. The summed E-state index contributed by atoms with van der Waals surface area (Å²) in [5.41, 5.74) is 3.44. The molecule has 0 aromatic heterocycles. The maximum Gasteiger partial charge on any atom is 0.255 e. The predicted molar refractivity (Wildman–Crippen MR) is 184 cm³/mol. The minimum Gasteiger partial charge on any atom is -0.491 e. The molecular formula is C39H42N4O5. The molecule has 48 heavy (non-hydrogen) atoms. The zero-order valence-corrected chi connectivity index (χ0v) is 27.1. The van der Waals surface area contributed by atoms with E-state index in [4.69, 9.17) is 4.74 Å². The van der Waals surface area contributed by atoms with E-state index < -0.39 is 23.9 Å². The van der Waals surface area contributed by atoms with Crippen molar-refractivity contribution in [1.29, 1.82) is 0 Å². The maximum atomic E-state index is 13.7. The normalized spacial score (nSPS) is 17.6. The summed E-state index contributed by atoms with van der Waals surface area (Å²) >= 11 is 0. The Kier molecular flexibility index (Phi) is 12.0. The SMILES string of the molecule is CN1CCOc2ccccc2C(=O)N[C@H](C(=O)NCCC(c2ccccc2)c2ccccc2)CCC(=O)N[C@H](Cc2ccccc2)C1=O. The molecule has 9 nitrogen and oxygen atoms in total. The van der Waals surface area contributed by atoms with Gasteiger partial charge in [-0.15, -0.1) is 0 Å². The van der Waals surface area contributed by atoms with Gasteiger partial charge in [-0.3, -0.25) is 19.2 Å². The number of amides is 4. The highest BCUT2D eigenvalue weighted by Gasteiger charge is 2.28. The van der Waals surface area contributed by atoms with Crippen LogP contribution in [-0.4, -0.2) is 67.4 Å². The van der Waals surface area contributed by atoms with Gasteiger partial charge >= 0.3 is 0 Å². The zero-order valence-electron chi connectivity index (χ0n) is 27.1. The van der Waals surface area contributed by atoms with Crippen molar-refractivity contribution >= 4 is 23.6 Å². The third-order valence-electron chi connectivity index (χ3n) is 8.53. The average Bonchev–Trinajstić information content (AvgIpc) is 3.12. The van der Waals surface area contributed by atoms with Crippen molar-refractivity contribution in [3.63, 3.8) is 0 Å². The summed E-state index contributed by atoms with van der Waals surface area (Å²) in [6.45, 7) is 0.728. The molecule has 2 atom stereocenters. The Morgan fingerprint density at radius 3 is 2.10 bits per heavy atom. The van der Waals surface area contributed by atoms with Crippen LogP contribution in [0.1, 0.15) is 52.2 Å². The second-order valence-electron chi connectivity index (χ2n) is 11.9. The minimum absolute atomic E-state index is 0.0370. The first-order valence-corrected chi connectivity index (χ1v) is 16.4. The molecule has 4 aromatic rings. The predicted octanol–water partition coefficient (Wildman–Crippen LogP) is 4.48. The lowest BCUT2D eigenvalue weighted by molar-refractivity contribution is -0.135. The number of likely N-dealkylation sites (N-methyl/N-ethyl adjacent to an activating group) is 1. The van der Waals surface area contributed by atoms with Gasteiger partial charge in [0.15, 0.2) is 0 Å². The number of carbonyl (C=O) groups is 4. The molecule has 0 fully saturated rings. The molecule has 1 aliphatic heterocycles. The van der Waals surface area contributed by atoms with E-state index in [1.54, 1.807) is 31.3 Å². The summed E-state index contributed by atoms with van der Waals surface area (Å²) < 4.78 is 5.96. The van der Waals surface area contributed by atoms with E-state index in [1.165, 1.54) is 4.90 Å². The van der Waals surface area contributed by atoms with Crippen LogP contribution in [0.5, 0.6) is 5.75 Å². The second kappa shape index (κ2) is 16.9. The van der Waals surface area contributed by atoms with Crippen molar-refractivity contribution in [3.8, 4) is 5.75 Å². The molecule has 248 valence electrons. The average molecular weight is 647 g/mol. The molecule has 3 N–H and O–H groups in total. The van der Waals surface area contributed by atoms with Crippen LogP contribution in [0.3, 0.4) is 0 Å². The molecule has 9 heteroatoms. The van der Waals surface area contributed by atoms with Crippen molar-refractivity contribution < 1.29 is 23.9 Å². The summed E-state index contributed by atoms with van der Waals surface area (Å²) in [5.74, 6) is -1.12. The van der Waals surface area contributed by atoms with Crippen LogP contribution in [-0.2, 0) is 20.8 Å². The van der Waals surface area contributed by atoms with Gasteiger partial charge in [-0.05, 0) is 41.7 Å². The third-order valence-corrected chi connectivity index (χ3v) is 8.53. The van der Waals surface area contributed by atoms with Gasteiger partial charge < -0.3 is 25.6 Å². The zero-order chi connectivity index (χ0) is 33.7. The molecule has 4 amide bonds. The molecule has 0 spiro atoms. The molecule has 0 radical (unpaired) electrons. The van der Waals surface area contributed by atoms with Crippen LogP contribution in [0.25, 0.3) is 0 Å². The number of benzene rings is 4. The van der Waals surface area contributed by atoms with Crippen molar-refractivity contribution in [1.82, 2.24) is 20.9 Å². The first-order valence-electron chi connectivity index (χ1n) is 16.4. The summed E-state index contributed by atoms with van der Waals surface area (Å²) in [5, 5.41) is 8.73. The Labute approximate surface area is 281 Å². The molecule has 0 unspecified atom stereocenters. The van der Waals surface area contributed by atoms with E-state index in [-0.39, 0.29) is 49.3 Å². The fraction of sp³-hybridized carbons (Fsp3) is 0.282. The van der Waals surface area contributed by atoms with Crippen LogP contribution in [0.4, 0.5) is 0 Å². The van der Waals surface area contributed by atoms with E-state index >= 15 is 0 Å². The maximum absolute atomic E-state index is 13.7. The molecular weight excluding hydrogens is 604 g/mol. The van der Waals surface area contributed by atoms with Gasteiger partial charge in [-0.25, -0.2) is 0 Å². The lowest BCUT2D eigenvalue weighted by Crippen LogP contribution is -2.50. The minimum atomic E-state index is -1.00. The quantitative estimate of drug-likeness (QED) is 0.261. The molecule has 0 bridgehead atoms. The van der Waals surface area contributed by atoms with Crippen LogP contribution in [0.2, 0.25) is 0 Å². The number of nitrogens with one attached hydrogen (secondary N) is 3. The Hall–Kier alpha value is -5.44. The van der Waals surface area contributed by atoms with Gasteiger partial charge in [0.1, 0.15) is 24.4 Å². The highest BCUT2D eigenvalue weighted by molar-refractivity contribution is 5.99. The summed E-state index contributed by atoms with van der Waals surface area (Å²) in [6.07, 6.45) is 0.906. The summed E-state index contributed by atoms with van der Waals surface area (Å²) in [6, 6.07) is 34.7. The lowest BCUT2D eigenvalue weighted by atomic mass is 9.88. The molecule has 4 aromatic carbocycles. The molecule has 0 aliphatic carbocycles. The van der Waals surface area contributed by atoms with Crippen LogP contribution in [0.15, 0.2) is 115 Å². The lowest BCUT2D eigenvalue weighted by Gasteiger charge is -2.25. The van der Waals surface area contributed by atoms with Gasteiger partial charge in [0.2, 0.25) is 17.7 Å². The van der Waals surface area contributed by atoms with Gasteiger partial charge in [0, 0.05) is 32.4 Å². The van der Waals surface area contributed by atoms with Crippen LogP contribution >= 0.6 is 0 Å². The topological polar surface area (TPSA) is 117 Å². The van der Waals surface area contributed by atoms with Gasteiger partial charge in [0.05, 0.1) is 12.1 Å². The Morgan fingerprint density at radius 1 is 0.833 bits per heavy atom. The van der Waals surface area contributed by atoms with Crippen LogP contribution in [0, 0.1) is 0 Å². The number of hydrogen-bond donors (Lipinski definition) is 3. The van der Waals surface area contributed by atoms with Crippen LogP contribution < -0.4 is 20.7 Å². The smallest absolute Gasteiger partial charge is 0.255 e. The van der Waals surface area contributed by atoms with E-state index in [0.29, 0.717) is 25.1 Å². The number of carbonyl (C=O) groups excluding carboxylic acids is 4. The van der Waals surface area contributed by atoms with Gasteiger partial charge in [-0.1, -0.05) is 103 Å². The number of fused-ring (bicyclic) bond motifs is 1. The molecule has 1 heterocycles. The van der Waals surface area contributed by atoms with E-state index in [2.05, 4.69) is 40.2 Å². The number of nitrogens with zero attached hydrogens (tertiary/aromatic N) is 1. The second-order valence-corrected chi connectivity index (χ2v) is 11.9. The fourth-order valence-electron chi connectivity index (χ4n) is 5.90. The Bertz CT molecular complexity index is 1630. The number of rotatable bonds is 8. The molecule has 5 rings (SSSR count). The Morgan fingerprint density at radius 2 is 1.44 bits per heavy atom. The third kappa shape index (κ3) is 9.31. The van der Waals surface area contributed by atoms with Gasteiger partial charge in [0.25, 0.3) is 5.91 Å². The van der Waals surface area contributed by atoms with E-state index in [9.17, 15) is 19.2 Å². The van der Waals surface area contributed by atoms with Crippen molar-refractivity contribution in [2.24, 2.45) is 0 Å². The summed E-state index contributed by atoms with van der Waals surface area (Å²) in [7, 11) is 1.66. The fourth-order valence-corrected chi connectivity index (χ4v) is 5.90. The van der Waals surface area contributed by atoms with Gasteiger partial charge in [-0.2, -0.15) is 0 Å². The number of ether oxygens (including phenoxy) is 1. The molecule has 0 saturated carbocycles. The number of para-hydroxylation sites is 1.